The van der Waals surface area contributed by atoms with Gasteiger partial charge < -0.3 is 9.64 Å². The summed E-state index contributed by atoms with van der Waals surface area (Å²) in [4.78, 5) is 21.8. The summed E-state index contributed by atoms with van der Waals surface area (Å²) in [5.74, 6) is 0.727. The predicted molar refractivity (Wildman–Crippen MR) is 112 cm³/mol. The molecule has 27 heavy (non-hydrogen) atoms. The average Bonchev–Trinajstić information content (AvgIpc) is 3.06. The number of fused-ring (bicyclic) bond motifs is 1. The molecule has 0 unspecified atom stereocenters. The number of carbonyl (C=O) groups is 1. The summed E-state index contributed by atoms with van der Waals surface area (Å²) in [5.41, 5.74) is 2.56. The van der Waals surface area contributed by atoms with Crippen molar-refractivity contribution in [2.75, 3.05) is 38.7 Å². The standard InChI is InChI=1S/C21H25N3O2S/c1-5-26-17-10-7-11-18-19(17)22-21(27-18)24(13-12-23(3)4)20(25)16-9-6-8-15(2)14-16/h6-11,14H,5,12-13H2,1-4H3. The molecule has 0 atom stereocenters. The van der Waals surface area contributed by atoms with Gasteiger partial charge in [0.2, 0.25) is 0 Å². The lowest BCUT2D eigenvalue weighted by Crippen LogP contribution is -2.36. The van der Waals surface area contributed by atoms with E-state index in [0.29, 0.717) is 23.8 Å². The van der Waals surface area contributed by atoms with E-state index in [9.17, 15) is 4.79 Å². The largest absolute Gasteiger partial charge is 0.492 e. The predicted octanol–water partition coefficient (Wildman–Crippen LogP) is 4.21. The zero-order valence-electron chi connectivity index (χ0n) is 16.2. The summed E-state index contributed by atoms with van der Waals surface area (Å²) in [7, 11) is 4.00. The molecule has 0 spiro atoms. The van der Waals surface area contributed by atoms with E-state index in [1.165, 1.54) is 11.3 Å². The number of thiazole rings is 1. The van der Waals surface area contributed by atoms with E-state index < -0.39 is 0 Å². The Morgan fingerprint density at radius 2 is 1.93 bits per heavy atom. The number of aromatic nitrogens is 1. The maximum atomic E-state index is 13.2. The van der Waals surface area contributed by atoms with Crippen LogP contribution in [0.4, 0.5) is 5.13 Å². The first kappa shape index (κ1) is 19.3. The Hall–Kier alpha value is -2.44. The van der Waals surface area contributed by atoms with Crippen LogP contribution in [-0.4, -0.2) is 49.6 Å². The molecule has 0 bridgehead atoms. The molecule has 142 valence electrons. The van der Waals surface area contributed by atoms with Gasteiger partial charge in [-0.15, -0.1) is 0 Å². The lowest BCUT2D eigenvalue weighted by atomic mass is 10.1. The van der Waals surface area contributed by atoms with Crippen LogP contribution in [0.1, 0.15) is 22.8 Å². The molecule has 3 rings (SSSR count). The molecule has 0 aliphatic rings. The summed E-state index contributed by atoms with van der Waals surface area (Å²) in [5, 5.41) is 0.700. The summed E-state index contributed by atoms with van der Waals surface area (Å²) in [6.07, 6.45) is 0. The first-order valence-corrected chi connectivity index (χ1v) is 9.87. The molecule has 3 aromatic rings. The summed E-state index contributed by atoms with van der Waals surface area (Å²) >= 11 is 1.52. The van der Waals surface area contributed by atoms with Gasteiger partial charge in [0.05, 0.1) is 11.3 Å². The maximum absolute atomic E-state index is 13.2. The van der Waals surface area contributed by atoms with Crippen molar-refractivity contribution >= 4 is 32.6 Å². The van der Waals surface area contributed by atoms with E-state index in [-0.39, 0.29) is 5.91 Å². The maximum Gasteiger partial charge on any atom is 0.260 e. The molecule has 1 heterocycles. The van der Waals surface area contributed by atoms with Gasteiger partial charge in [-0.25, -0.2) is 4.98 Å². The molecule has 0 N–H and O–H groups in total. The van der Waals surface area contributed by atoms with Crippen molar-refractivity contribution in [2.45, 2.75) is 13.8 Å². The quantitative estimate of drug-likeness (QED) is 0.613. The highest BCUT2D eigenvalue weighted by atomic mass is 32.1. The van der Waals surface area contributed by atoms with Gasteiger partial charge in [0.15, 0.2) is 5.13 Å². The van der Waals surface area contributed by atoms with Crippen molar-refractivity contribution in [1.29, 1.82) is 0 Å². The van der Waals surface area contributed by atoms with Crippen LogP contribution in [0.5, 0.6) is 5.75 Å². The van der Waals surface area contributed by atoms with E-state index in [0.717, 1.165) is 28.1 Å². The minimum Gasteiger partial charge on any atom is -0.492 e. The van der Waals surface area contributed by atoms with Crippen molar-refractivity contribution in [2.24, 2.45) is 0 Å². The Balaban J connectivity index is 2.01. The number of amides is 1. The third-order valence-corrected chi connectivity index (χ3v) is 5.23. The zero-order chi connectivity index (χ0) is 19.4. The van der Waals surface area contributed by atoms with Gasteiger partial charge in [0.1, 0.15) is 11.3 Å². The van der Waals surface area contributed by atoms with E-state index in [4.69, 9.17) is 9.72 Å². The van der Waals surface area contributed by atoms with E-state index in [1.54, 1.807) is 4.90 Å². The van der Waals surface area contributed by atoms with Gasteiger partial charge in [-0.2, -0.15) is 0 Å². The molecule has 0 aliphatic heterocycles. The number of ether oxygens (including phenoxy) is 1. The summed E-state index contributed by atoms with van der Waals surface area (Å²) in [6, 6.07) is 13.6. The molecule has 2 aromatic carbocycles. The highest BCUT2D eigenvalue weighted by Crippen LogP contribution is 2.34. The van der Waals surface area contributed by atoms with Gasteiger partial charge in [0, 0.05) is 18.7 Å². The molecule has 1 amide bonds. The second-order valence-corrected chi connectivity index (χ2v) is 7.67. The number of nitrogens with zero attached hydrogens (tertiary/aromatic N) is 3. The topological polar surface area (TPSA) is 45.7 Å². The smallest absolute Gasteiger partial charge is 0.260 e. The fourth-order valence-electron chi connectivity index (χ4n) is 2.82. The van der Waals surface area contributed by atoms with Crippen molar-refractivity contribution in [3.05, 3.63) is 53.6 Å². The minimum absolute atomic E-state index is 0.0300. The normalized spacial score (nSPS) is 11.1. The fourth-order valence-corrected chi connectivity index (χ4v) is 3.82. The van der Waals surface area contributed by atoms with Crippen LogP contribution >= 0.6 is 11.3 Å². The molecule has 0 radical (unpaired) electrons. The number of carbonyl (C=O) groups excluding carboxylic acids is 1. The lowest BCUT2D eigenvalue weighted by molar-refractivity contribution is 0.0985. The Morgan fingerprint density at radius 1 is 1.15 bits per heavy atom. The molecule has 6 heteroatoms. The van der Waals surface area contributed by atoms with Gasteiger partial charge >= 0.3 is 0 Å². The van der Waals surface area contributed by atoms with Gasteiger partial charge in [-0.05, 0) is 52.2 Å². The molecular weight excluding hydrogens is 358 g/mol. The van der Waals surface area contributed by atoms with Crippen molar-refractivity contribution in [3.8, 4) is 5.75 Å². The van der Waals surface area contributed by atoms with Gasteiger partial charge in [-0.3, -0.25) is 9.69 Å². The second kappa shape index (κ2) is 8.50. The Labute approximate surface area is 164 Å². The molecule has 5 nitrogen and oxygen atoms in total. The van der Waals surface area contributed by atoms with Crippen LogP contribution in [0.15, 0.2) is 42.5 Å². The van der Waals surface area contributed by atoms with Crippen LogP contribution in [0, 0.1) is 6.92 Å². The van der Waals surface area contributed by atoms with E-state index in [1.807, 2.05) is 70.4 Å². The molecule has 0 fully saturated rings. The lowest BCUT2D eigenvalue weighted by Gasteiger charge is -2.22. The van der Waals surface area contributed by atoms with Crippen LogP contribution < -0.4 is 9.64 Å². The fraction of sp³-hybridized carbons (Fsp3) is 0.333. The number of hydrogen-bond donors (Lipinski definition) is 0. The van der Waals surface area contributed by atoms with Gasteiger partial charge in [-0.1, -0.05) is 35.1 Å². The summed E-state index contributed by atoms with van der Waals surface area (Å²) < 4.78 is 6.72. The van der Waals surface area contributed by atoms with Crippen LogP contribution in [-0.2, 0) is 0 Å². The number of hydrogen-bond acceptors (Lipinski definition) is 5. The first-order valence-electron chi connectivity index (χ1n) is 9.05. The first-order chi connectivity index (χ1) is 13.0. The number of aryl methyl sites for hydroxylation is 1. The molecule has 1 aromatic heterocycles. The second-order valence-electron chi connectivity index (χ2n) is 6.66. The number of benzene rings is 2. The molecule has 0 aliphatic carbocycles. The van der Waals surface area contributed by atoms with E-state index >= 15 is 0 Å². The molecule has 0 saturated heterocycles. The SMILES string of the molecule is CCOc1cccc2sc(N(CCN(C)C)C(=O)c3cccc(C)c3)nc12. The third kappa shape index (κ3) is 4.46. The van der Waals surface area contributed by atoms with Crippen molar-refractivity contribution < 1.29 is 9.53 Å². The number of rotatable bonds is 7. The van der Waals surface area contributed by atoms with Gasteiger partial charge in [0.25, 0.3) is 5.91 Å². The average molecular weight is 384 g/mol. The molecular formula is C21H25N3O2S. The Morgan fingerprint density at radius 3 is 2.63 bits per heavy atom. The number of likely N-dealkylation sites (N-methyl/N-ethyl adjacent to an activating group) is 1. The minimum atomic E-state index is -0.0300. The molecule has 0 saturated carbocycles. The van der Waals surface area contributed by atoms with Crippen LogP contribution in [0.25, 0.3) is 10.2 Å². The van der Waals surface area contributed by atoms with E-state index in [2.05, 4.69) is 4.90 Å². The van der Waals surface area contributed by atoms with Crippen LogP contribution in [0.2, 0.25) is 0 Å². The Bertz CT molecular complexity index is 936. The third-order valence-electron chi connectivity index (χ3n) is 4.18. The summed E-state index contributed by atoms with van der Waals surface area (Å²) in [6.45, 7) is 5.86. The Kier molecular flexibility index (Phi) is 6.08. The van der Waals surface area contributed by atoms with Crippen molar-refractivity contribution in [1.82, 2.24) is 9.88 Å². The number of para-hydroxylation sites is 1. The zero-order valence-corrected chi connectivity index (χ0v) is 17.0. The number of anilines is 1. The highest BCUT2D eigenvalue weighted by molar-refractivity contribution is 7.22. The highest BCUT2D eigenvalue weighted by Gasteiger charge is 2.22. The monoisotopic (exact) mass is 383 g/mol. The van der Waals surface area contributed by atoms with Crippen molar-refractivity contribution in [3.63, 3.8) is 0 Å². The van der Waals surface area contributed by atoms with Crippen LogP contribution in [0.3, 0.4) is 0 Å².